The lowest BCUT2D eigenvalue weighted by Crippen LogP contribution is -2.50. The molecule has 0 bridgehead atoms. The van der Waals surface area contributed by atoms with Gasteiger partial charge >= 0.3 is 0 Å². The lowest BCUT2D eigenvalue weighted by molar-refractivity contribution is 0.0790. The van der Waals surface area contributed by atoms with Crippen LogP contribution in [0.5, 0.6) is 0 Å². The zero-order chi connectivity index (χ0) is 14.5. The first-order valence-electron chi connectivity index (χ1n) is 8.24. The van der Waals surface area contributed by atoms with Gasteiger partial charge in [-0.15, -0.1) is 24.8 Å². The van der Waals surface area contributed by atoms with Crippen molar-refractivity contribution in [2.45, 2.75) is 18.9 Å². The van der Waals surface area contributed by atoms with Crippen LogP contribution in [0.3, 0.4) is 0 Å². The minimum Gasteiger partial charge on any atom is -0.390 e. The SMILES string of the molecule is Cl.Cl.OC(CN1CCCC1)CN1CCN(c2ccccc2)CC1. The molecular weight excluding hydrogens is 333 g/mol. The number of nitrogens with zero attached hydrogens (tertiary/aromatic N) is 3. The molecule has 2 saturated heterocycles. The molecule has 1 atom stereocenters. The molecule has 1 N–H and O–H groups in total. The van der Waals surface area contributed by atoms with Gasteiger partial charge in [-0.3, -0.25) is 4.90 Å². The molecule has 2 aliphatic heterocycles. The van der Waals surface area contributed by atoms with Crippen LogP contribution in [0.15, 0.2) is 30.3 Å². The monoisotopic (exact) mass is 361 g/mol. The summed E-state index contributed by atoms with van der Waals surface area (Å²) in [6.07, 6.45) is 2.39. The third-order valence-electron chi connectivity index (χ3n) is 4.63. The molecule has 6 heteroatoms. The van der Waals surface area contributed by atoms with Gasteiger partial charge < -0.3 is 14.9 Å². The van der Waals surface area contributed by atoms with E-state index in [4.69, 9.17) is 0 Å². The number of halogens is 2. The zero-order valence-corrected chi connectivity index (χ0v) is 15.3. The third-order valence-corrected chi connectivity index (χ3v) is 4.63. The Morgan fingerprint density at radius 3 is 1.87 bits per heavy atom. The smallest absolute Gasteiger partial charge is 0.0793 e. The summed E-state index contributed by atoms with van der Waals surface area (Å²) in [5.41, 5.74) is 1.31. The summed E-state index contributed by atoms with van der Waals surface area (Å²) < 4.78 is 0. The Morgan fingerprint density at radius 2 is 1.30 bits per heavy atom. The van der Waals surface area contributed by atoms with Gasteiger partial charge in [0.15, 0.2) is 0 Å². The van der Waals surface area contributed by atoms with Gasteiger partial charge in [0.25, 0.3) is 0 Å². The number of hydrogen-bond acceptors (Lipinski definition) is 4. The number of para-hydroxylation sites is 1. The maximum atomic E-state index is 10.2. The Balaban J connectivity index is 0.00000132. The first kappa shape index (κ1) is 20.5. The van der Waals surface area contributed by atoms with Crippen LogP contribution in [0.2, 0.25) is 0 Å². The van der Waals surface area contributed by atoms with E-state index >= 15 is 0 Å². The first-order chi connectivity index (χ1) is 10.3. The van der Waals surface area contributed by atoms with Crippen molar-refractivity contribution in [3.8, 4) is 0 Å². The van der Waals surface area contributed by atoms with Crippen LogP contribution < -0.4 is 4.90 Å². The first-order valence-corrected chi connectivity index (χ1v) is 8.24. The van der Waals surface area contributed by atoms with Crippen molar-refractivity contribution in [2.75, 3.05) is 57.3 Å². The van der Waals surface area contributed by atoms with Gasteiger partial charge in [0, 0.05) is 45.0 Å². The van der Waals surface area contributed by atoms with Gasteiger partial charge in [0.2, 0.25) is 0 Å². The average Bonchev–Trinajstić information content (AvgIpc) is 3.02. The normalized spacial score (nSPS) is 20.7. The molecule has 0 aromatic heterocycles. The summed E-state index contributed by atoms with van der Waals surface area (Å²) in [4.78, 5) is 7.23. The van der Waals surface area contributed by atoms with Crippen molar-refractivity contribution < 1.29 is 5.11 Å². The summed E-state index contributed by atoms with van der Waals surface area (Å²) >= 11 is 0. The molecule has 0 spiro atoms. The Hall–Kier alpha value is -0.520. The molecule has 2 fully saturated rings. The van der Waals surface area contributed by atoms with E-state index < -0.39 is 0 Å². The number of anilines is 1. The van der Waals surface area contributed by atoms with E-state index in [1.54, 1.807) is 0 Å². The van der Waals surface area contributed by atoms with Crippen molar-refractivity contribution in [2.24, 2.45) is 0 Å². The van der Waals surface area contributed by atoms with Crippen LogP contribution in [0, 0.1) is 0 Å². The predicted molar refractivity (Wildman–Crippen MR) is 101 cm³/mol. The minimum atomic E-state index is -0.202. The Labute approximate surface area is 152 Å². The second kappa shape index (κ2) is 10.4. The molecule has 1 aromatic rings. The Kier molecular flexibility index (Phi) is 9.25. The summed E-state index contributed by atoms with van der Waals surface area (Å²) in [6.45, 7) is 8.20. The van der Waals surface area contributed by atoms with Crippen LogP contribution in [0.4, 0.5) is 5.69 Å². The zero-order valence-electron chi connectivity index (χ0n) is 13.6. The minimum absolute atomic E-state index is 0. The van der Waals surface area contributed by atoms with Gasteiger partial charge in [-0.25, -0.2) is 0 Å². The van der Waals surface area contributed by atoms with E-state index in [0.29, 0.717) is 0 Å². The molecule has 0 aliphatic carbocycles. The summed E-state index contributed by atoms with van der Waals surface area (Å²) in [5, 5.41) is 10.2. The molecule has 2 aliphatic rings. The number of rotatable bonds is 5. The molecule has 1 aromatic carbocycles. The van der Waals surface area contributed by atoms with Crippen LogP contribution in [-0.2, 0) is 0 Å². The number of piperazine rings is 1. The lowest BCUT2D eigenvalue weighted by Gasteiger charge is -2.37. The van der Waals surface area contributed by atoms with Gasteiger partial charge in [0.05, 0.1) is 6.10 Å². The van der Waals surface area contributed by atoms with Crippen molar-refractivity contribution in [1.29, 1.82) is 0 Å². The molecular formula is C17H29Cl2N3O. The second-order valence-corrected chi connectivity index (χ2v) is 6.28. The van der Waals surface area contributed by atoms with Crippen LogP contribution in [0.1, 0.15) is 12.8 Å². The van der Waals surface area contributed by atoms with Gasteiger partial charge in [-0.2, -0.15) is 0 Å². The highest BCUT2D eigenvalue weighted by atomic mass is 35.5. The van der Waals surface area contributed by atoms with Crippen molar-refractivity contribution in [3.63, 3.8) is 0 Å². The Morgan fingerprint density at radius 1 is 0.783 bits per heavy atom. The summed E-state index contributed by atoms with van der Waals surface area (Å²) in [6, 6.07) is 10.6. The van der Waals surface area contributed by atoms with E-state index in [0.717, 1.165) is 39.3 Å². The molecule has 1 unspecified atom stereocenters. The van der Waals surface area contributed by atoms with E-state index in [1.165, 1.54) is 31.6 Å². The number of aliphatic hydroxyl groups is 1. The Bertz CT molecular complexity index is 421. The van der Waals surface area contributed by atoms with Crippen LogP contribution in [-0.4, -0.2) is 73.4 Å². The molecule has 3 rings (SSSR count). The van der Waals surface area contributed by atoms with Gasteiger partial charge in [-0.1, -0.05) is 18.2 Å². The van der Waals surface area contributed by atoms with Crippen molar-refractivity contribution >= 4 is 30.5 Å². The number of aliphatic hydroxyl groups excluding tert-OH is 1. The molecule has 2 heterocycles. The quantitative estimate of drug-likeness (QED) is 0.869. The molecule has 23 heavy (non-hydrogen) atoms. The number of likely N-dealkylation sites (tertiary alicyclic amines) is 1. The molecule has 4 nitrogen and oxygen atoms in total. The number of benzene rings is 1. The van der Waals surface area contributed by atoms with Gasteiger partial charge in [0.1, 0.15) is 0 Å². The highest BCUT2D eigenvalue weighted by Gasteiger charge is 2.21. The van der Waals surface area contributed by atoms with Crippen LogP contribution in [0.25, 0.3) is 0 Å². The standard InChI is InChI=1S/C17H27N3O.2ClH/c21-17(14-18-8-4-5-9-18)15-19-10-12-20(13-11-19)16-6-2-1-3-7-16;;/h1-3,6-7,17,21H,4-5,8-15H2;2*1H. The lowest BCUT2D eigenvalue weighted by atomic mass is 10.2. The number of β-amino-alcohol motifs (C(OH)–C–C–N with tert-alkyl or cyclic N) is 1. The largest absolute Gasteiger partial charge is 0.390 e. The van der Waals surface area contributed by atoms with Crippen molar-refractivity contribution in [3.05, 3.63) is 30.3 Å². The second-order valence-electron chi connectivity index (χ2n) is 6.28. The third kappa shape index (κ3) is 6.12. The molecule has 0 radical (unpaired) electrons. The molecule has 0 amide bonds. The topological polar surface area (TPSA) is 30.0 Å². The molecule has 0 saturated carbocycles. The van der Waals surface area contributed by atoms with Gasteiger partial charge in [-0.05, 0) is 38.1 Å². The fraction of sp³-hybridized carbons (Fsp3) is 0.647. The van der Waals surface area contributed by atoms with E-state index in [1.807, 2.05) is 0 Å². The fourth-order valence-electron chi connectivity index (χ4n) is 3.45. The maximum absolute atomic E-state index is 10.2. The highest BCUT2D eigenvalue weighted by molar-refractivity contribution is 5.85. The number of hydrogen-bond donors (Lipinski definition) is 1. The van der Waals surface area contributed by atoms with Crippen LogP contribution >= 0.6 is 24.8 Å². The average molecular weight is 362 g/mol. The summed E-state index contributed by atoms with van der Waals surface area (Å²) in [5.74, 6) is 0. The maximum Gasteiger partial charge on any atom is 0.0793 e. The fourth-order valence-corrected chi connectivity index (χ4v) is 3.45. The van der Waals surface area contributed by atoms with E-state index in [9.17, 15) is 5.11 Å². The molecule has 132 valence electrons. The summed E-state index contributed by atoms with van der Waals surface area (Å²) in [7, 11) is 0. The van der Waals surface area contributed by atoms with E-state index in [-0.39, 0.29) is 30.9 Å². The van der Waals surface area contributed by atoms with Crippen molar-refractivity contribution in [1.82, 2.24) is 9.80 Å². The predicted octanol–water partition coefficient (Wildman–Crippen LogP) is 2.11. The highest BCUT2D eigenvalue weighted by Crippen LogP contribution is 2.16. The van der Waals surface area contributed by atoms with E-state index in [2.05, 4.69) is 45.0 Å².